The summed E-state index contributed by atoms with van der Waals surface area (Å²) in [5.74, 6) is -2.05. The molecule has 0 bridgehead atoms. The Hall–Kier alpha value is -2.85. The van der Waals surface area contributed by atoms with Crippen LogP contribution in [0.3, 0.4) is 0 Å². The van der Waals surface area contributed by atoms with Crippen molar-refractivity contribution < 1.29 is 27.8 Å². The number of aliphatic hydroxyl groups excluding tert-OH is 1. The largest absolute Gasteiger partial charge is 0.481 e. The van der Waals surface area contributed by atoms with E-state index in [4.69, 9.17) is 5.11 Å². The quantitative estimate of drug-likeness (QED) is 0.550. The fourth-order valence-electron chi connectivity index (χ4n) is 2.63. The van der Waals surface area contributed by atoms with Crippen LogP contribution in [0.4, 0.5) is 10.3 Å². The molecule has 30 heavy (non-hydrogen) atoms. The summed E-state index contributed by atoms with van der Waals surface area (Å²) >= 11 is 0. The molecule has 0 saturated carbocycles. The number of anilines is 1. The highest BCUT2D eigenvalue weighted by Crippen LogP contribution is 2.30. The van der Waals surface area contributed by atoms with Crippen LogP contribution in [-0.4, -0.2) is 46.4 Å². The first kappa shape index (κ1) is 23.4. The second-order valence-electron chi connectivity index (χ2n) is 6.89. The van der Waals surface area contributed by atoms with Crippen LogP contribution < -0.4 is 4.72 Å². The molecule has 1 heterocycles. The highest BCUT2D eigenvalue weighted by Gasteiger charge is 2.19. The number of rotatable bonds is 9. The van der Waals surface area contributed by atoms with Gasteiger partial charge in [0, 0.05) is 11.1 Å². The van der Waals surface area contributed by atoms with Crippen LogP contribution in [0.2, 0.25) is 0 Å². The van der Waals surface area contributed by atoms with Crippen LogP contribution >= 0.6 is 0 Å². The molecule has 10 heteroatoms. The van der Waals surface area contributed by atoms with Gasteiger partial charge in [-0.15, -0.1) is 0 Å². The molecule has 2 rings (SSSR count). The molecule has 1 aromatic carbocycles. The average Bonchev–Trinajstić information content (AvgIpc) is 2.66. The smallest absolute Gasteiger partial charge is 0.306 e. The number of nitrogens with one attached hydrogen (secondary N) is 1. The molecule has 8 nitrogen and oxygen atoms in total. The standard InChI is InChI=1S/C20H24FN3O5S/c1-4-30(28,29)24-20-22-18(12(2)3)16(10-9-15(25)11-17(26)27)19(23-20)13-5-7-14(21)8-6-13/h5-10,12,15,25H,4,11H2,1-3H3,(H,26,27)(H,22,23,24)/t15-/m1/s1. The Morgan fingerprint density at radius 2 is 1.87 bits per heavy atom. The first-order chi connectivity index (χ1) is 14.0. The number of aliphatic hydroxyl groups is 1. The third-order valence-electron chi connectivity index (χ3n) is 4.14. The highest BCUT2D eigenvalue weighted by atomic mass is 32.2. The van der Waals surface area contributed by atoms with Gasteiger partial charge in [0.1, 0.15) is 5.82 Å². The van der Waals surface area contributed by atoms with Crippen LogP contribution in [0.15, 0.2) is 30.3 Å². The molecule has 2 aromatic rings. The van der Waals surface area contributed by atoms with E-state index in [1.165, 1.54) is 43.3 Å². The summed E-state index contributed by atoms with van der Waals surface area (Å²) in [5, 5.41) is 18.7. The maximum atomic E-state index is 13.4. The molecular formula is C20H24FN3O5S. The zero-order valence-electron chi connectivity index (χ0n) is 16.8. The van der Waals surface area contributed by atoms with E-state index in [1.54, 1.807) is 0 Å². The predicted molar refractivity (Wildman–Crippen MR) is 112 cm³/mol. The van der Waals surface area contributed by atoms with Gasteiger partial charge >= 0.3 is 5.97 Å². The average molecular weight is 437 g/mol. The Kier molecular flexibility index (Phi) is 7.63. The van der Waals surface area contributed by atoms with Crippen molar-refractivity contribution >= 4 is 28.0 Å². The lowest BCUT2D eigenvalue weighted by Crippen LogP contribution is -2.18. The third-order valence-corrected chi connectivity index (χ3v) is 5.39. The number of nitrogens with zero attached hydrogens (tertiary/aromatic N) is 2. The summed E-state index contributed by atoms with van der Waals surface area (Å²) in [6, 6.07) is 5.47. The minimum Gasteiger partial charge on any atom is -0.481 e. The van der Waals surface area contributed by atoms with E-state index < -0.39 is 34.3 Å². The lowest BCUT2D eigenvalue weighted by molar-refractivity contribution is -0.138. The summed E-state index contributed by atoms with van der Waals surface area (Å²) in [6.07, 6.45) is 1.09. The molecule has 0 saturated heterocycles. The number of sulfonamides is 1. The second-order valence-corrected chi connectivity index (χ2v) is 8.90. The minimum absolute atomic E-state index is 0.122. The van der Waals surface area contributed by atoms with Gasteiger partial charge in [-0.2, -0.15) is 0 Å². The zero-order valence-corrected chi connectivity index (χ0v) is 17.6. The lowest BCUT2D eigenvalue weighted by Gasteiger charge is -2.16. The monoisotopic (exact) mass is 437 g/mol. The number of hydrogen-bond donors (Lipinski definition) is 3. The Morgan fingerprint density at radius 3 is 2.40 bits per heavy atom. The fourth-order valence-corrected chi connectivity index (χ4v) is 3.14. The number of carboxylic acid groups (broad SMARTS) is 1. The summed E-state index contributed by atoms with van der Waals surface area (Å²) in [6.45, 7) is 5.17. The lowest BCUT2D eigenvalue weighted by atomic mass is 9.97. The molecular weight excluding hydrogens is 413 g/mol. The maximum absolute atomic E-state index is 13.4. The molecule has 1 atom stereocenters. The van der Waals surface area contributed by atoms with Crippen molar-refractivity contribution in [3.8, 4) is 11.3 Å². The van der Waals surface area contributed by atoms with Gasteiger partial charge < -0.3 is 10.2 Å². The maximum Gasteiger partial charge on any atom is 0.306 e. The zero-order chi connectivity index (χ0) is 22.5. The van der Waals surface area contributed by atoms with Crippen LogP contribution in [0, 0.1) is 5.82 Å². The molecule has 0 aliphatic carbocycles. The first-order valence-corrected chi connectivity index (χ1v) is 10.9. The van der Waals surface area contributed by atoms with Crippen LogP contribution in [0.5, 0.6) is 0 Å². The van der Waals surface area contributed by atoms with Crippen molar-refractivity contribution in [1.29, 1.82) is 0 Å². The van der Waals surface area contributed by atoms with Crippen molar-refractivity contribution in [2.24, 2.45) is 0 Å². The molecule has 0 spiro atoms. The van der Waals surface area contributed by atoms with Crippen molar-refractivity contribution in [2.45, 2.75) is 39.2 Å². The van der Waals surface area contributed by atoms with Gasteiger partial charge in [-0.1, -0.05) is 26.0 Å². The number of aliphatic carboxylic acids is 1. The molecule has 0 aliphatic rings. The minimum atomic E-state index is -3.63. The van der Waals surface area contributed by atoms with Crippen LogP contribution in [-0.2, 0) is 14.8 Å². The van der Waals surface area contributed by atoms with Gasteiger partial charge in [0.2, 0.25) is 16.0 Å². The van der Waals surface area contributed by atoms with Crippen molar-refractivity contribution in [1.82, 2.24) is 9.97 Å². The molecule has 0 radical (unpaired) electrons. The number of benzene rings is 1. The predicted octanol–water partition coefficient (Wildman–Crippen LogP) is 3.02. The van der Waals surface area contributed by atoms with Crippen molar-refractivity contribution in [3.63, 3.8) is 0 Å². The van der Waals surface area contributed by atoms with E-state index in [1.807, 2.05) is 13.8 Å². The van der Waals surface area contributed by atoms with Gasteiger partial charge in [-0.3, -0.25) is 9.52 Å². The SMILES string of the molecule is CCS(=O)(=O)Nc1nc(-c2ccc(F)cc2)c(C=C[C@@H](O)CC(=O)O)c(C(C)C)n1. The highest BCUT2D eigenvalue weighted by molar-refractivity contribution is 7.92. The second kappa shape index (κ2) is 9.77. The Balaban J connectivity index is 2.68. The molecule has 0 amide bonds. The topological polar surface area (TPSA) is 129 Å². The van der Waals surface area contributed by atoms with Crippen LogP contribution in [0.25, 0.3) is 17.3 Å². The first-order valence-electron chi connectivity index (χ1n) is 9.28. The molecule has 0 unspecified atom stereocenters. The molecule has 1 aromatic heterocycles. The summed E-state index contributed by atoms with van der Waals surface area (Å²) in [7, 11) is -3.63. The van der Waals surface area contributed by atoms with E-state index in [9.17, 15) is 22.7 Å². The molecule has 0 fully saturated rings. The summed E-state index contributed by atoms with van der Waals surface area (Å²) < 4.78 is 39.7. The Labute approximate surface area is 174 Å². The number of halogens is 1. The number of hydrogen-bond acceptors (Lipinski definition) is 6. The van der Waals surface area contributed by atoms with Gasteiger partial charge in [-0.05, 0) is 37.1 Å². The Bertz CT molecular complexity index is 1040. The van der Waals surface area contributed by atoms with Crippen molar-refractivity contribution in [2.75, 3.05) is 10.5 Å². The van der Waals surface area contributed by atoms with Gasteiger partial charge in [0.05, 0.1) is 29.7 Å². The fraction of sp³-hybridized carbons (Fsp3) is 0.350. The number of carboxylic acids is 1. The van der Waals surface area contributed by atoms with Gasteiger partial charge in [0.25, 0.3) is 0 Å². The van der Waals surface area contributed by atoms with Crippen molar-refractivity contribution in [3.05, 3.63) is 47.4 Å². The number of carbonyl (C=O) groups is 1. The third kappa shape index (κ3) is 6.33. The van der Waals surface area contributed by atoms with E-state index in [0.717, 1.165) is 0 Å². The summed E-state index contributed by atoms with van der Waals surface area (Å²) in [5.41, 5.74) is 1.78. The summed E-state index contributed by atoms with van der Waals surface area (Å²) in [4.78, 5) is 19.4. The van der Waals surface area contributed by atoms with Gasteiger partial charge in [-0.25, -0.2) is 22.8 Å². The Morgan fingerprint density at radius 1 is 1.23 bits per heavy atom. The molecule has 162 valence electrons. The van der Waals surface area contributed by atoms with Gasteiger partial charge in [0.15, 0.2) is 0 Å². The van der Waals surface area contributed by atoms with E-state index in [0.29, 0.717) is 22.5 Å². The molecule has 3 N–H and O–H groups in total. The molecule has 0 aliphatic heterocycles. The van der Waals surface area contributed by atoms with E-state index in [-0.39, 0.29) is 17.6 Å². The number of aromatic nitrogens is 2. The van der Waals surface area contributed by atoms with Crippen LogP contribution in [0.1, 0.15) is 44.4 Å². The van der Waals surface area contributed by atoms with E-state index >= 15 is 0 Å². The normalized spacial score (nSPS) is 13.0. The van der Waals surface area contributed by atoms with E-state index in [2.05, 4.69) is 14.7 Å².